The fourth-order valence-corrected chi connectivity index (χ4v) is 3.06. The van der Waals surface area contributed by atoms with Gasteiger partial charge in [-0.1, -0.05) is 19.3 Å². The Bertz CT molecular complexity index is 499. The second-order valence-electron chi connectivity index (χ2n) is 5.75. The molecule has 1 aliphatic rings. The molecule has 0 saturated heterocycles. The van der Waals surface area contributed by atoms with E-state index < -0.39 is 0 Å². The van der Waals surface area contributed by atoms with E-state index in [-0.39, 0.29) is 11.5 Å². The van der Waals surface area contributed by atoms with Crippen LogP contribution in [0.3, 0.4) is 0 Å². The number of aromatic hydroxyl groups is 2. The van der Waals surface area contributed by atoms with Crippen LogP contribution >= 0.6 is 12.2 Å². The van der Waals surface area contributed by atoms with Crippen molar-refractivity contribution in [1.82, 2.24) is 10.6 Å². The van der Waals surface area contributed by atoms with Gasteiger partial charge >= 0.3 is 0 Å². The third kappa shape index (κ3) is 4.77. The number of aryl methyl sites for hydroxylation is 1. The Labute approximate surface area is 131 Å². The summed E-state index contributed by atoms with van der Waals surface area (Å²) in [5.74, 6) is -0.141. The molecule has 1 aromatic rings. The zero-order valence-corrected chi connectivity index (χ0v) is 13.3. The maximum Gasteiger partial charge on any atom is 0.166 e. The fourth-order valence-electron chi connectivity index (χ4n) is 2.79. The number of thiocarbonyl (C=S) groups is 1. The fraction of sp³-hybridized carbons (Fsp3) is 0.562. The SMILES string of the molecule is Cc1cc(O)c(O)cc1CCNC(=S)NC1CCCCC1. The first kappa shape index (κ1) is 15.9. The predicted molar refractivity (Wildman–Crippen MR) is 88.8 cm³/mol. The molecular formula is C16H24N2O2S. The summed E-state index contributed by atoms with van der Waals surface area (Å²) in [6.07, 6.45) is 7.06. The lowest BCUT2D eigenvalue weighted by Crippen LogP contribution is -2.43. The molecule has 21 heavy (non-hydrogen) atoms. The zero-order chi connectivity index (χ0) is 15.2. The summed E-state index contributed by atoms with van der Waals surface area (Å²) in [6.45, 7) is 2.64. The van der Waals surface area contributed by atoms with E-state index in [9.17, 15) is 10.2 Å². The first-order valence-corrected chi connectivity index (χ1v) is 8.03. The highest BCUT2D eigenvalue weighted by atomic mass is 32.1. The van der Waals surface area contributed by atoms with Crippen LogP contribution in [0.25, 0.3) is 0 Å². The van der Waals surface area contributed by atoms with Crippen molar-refractivity contribution in [2.45, 2.75) is 51.5 Å². The van der Waals surface area contributed by atoms with E-state index in [0.717, 1.165) is 17.5 Å². The van der Waals surface area contributed by atoms with Gasteiger partial charge in [0, 0.05) is 12.6 Å². The normalized spacial score (nSPS) is 15.7. The minimum atomic E-state index is -0.0708. The molecule has 1 aliphatic carbocycles. The Morgan fingerprint density at radius 2 is 1.86 bits per heavy atom. The van der Waals surface area contributed by atoms with Gasteiger partial charge in [0.1, 0.15) is 0 Å². The van der Waals surface area contributed by atoms with E-state index in [4.69, 9.17) is 12.2 Å². The highest BCUT2D eigenvalue weighted by molar-refractivity contribution is 7.80. The minimum absolute atomic E-state index is 0.0707. The summed E-state index contributed by atoms with van der Waals surface area (Å²) in [4.78, 5) is 0. The van der Waals surface area contributed by atoms with Crippen molar-refractivity contribution >= 4 is 17.3 Å². The molecule has 0 aliphatic heterocycles. The Hall–Kier alpha value is -1.49. The lowest BCUT2D eigenvalue weighted by Gasteiger charge is -2.24. The second-order valence-corrected chi connectivity index (χ2v) is 6.16. The van der Waals surface area contributed by atoms with Gasteiger partial charge in [0.15, 0.2) is 16.6 Å². The van der Waals surface area contributed by atoms with Crippen molar-refractivity contribution in [3.8, 4) is 11.5 Å². The van der Waals surface area contributed by atoms with Gasteiger partial charge in [-0.15, -0.1) is 0 Å². The molecule has 2 rings (SSSR count). The highest BCUT2D eigenvalue weighted by Crippen LogP contribution is 2.28. The maximum absolute atomic E-state index is 9.54. The van der Waals surface area contributed by atoms with E-state index in [1.54, 1.807) is 12.1 Å². The molecule has 4 N–H and O–H groups in total. The Kier molecular flexibility index (Phi) is 5.67. The average Bonchev–Trinajstić information content (AvgIpc) is 2.45. The number of nitrogens with one attached hydrogen (secondary N) is 2. The van der Waals surface area contributed by atoms with Gasteiger partial charge < -0.3 is 20.8 Å². The van der Waals surface area contributed by atoms with Crippen molar-refractivity contribution in [2.24, 2.45) is 0 Å². The van der Waals surface area contributed by atoms with Crippen LogP contribution in [0.5, 0.6) is 11.5 Å². The van der Waals surface area contributed by atoms with Gasteiger partial charge in [-0.2, -0.15) is 0 Å². The van der Waals surface area contributed by atoms with Gasteiger partial charge in [0.05, 0.1) is 0 Å². The Morgan fingerprint density at radius 3 is 2.57 bits per heavy atom. The molecule has 0 spiro atoms. The molecule has 4 nitrogen and oxygen atoms in total. The lowest BCUT2D eigenvalue weighted by atomic mass is 9.96. The van der Waals surface area contributed by atoms with E-state index in [0.29, 0.717) is 17.7 Å². The molecule has 5 heteroatoms. The van der Waals surface area contributed by atoms with Crippen LogP contribution in [-0.4, -0.2) is 27.9 Å². The summed E-state index contributed by atoms with van der Waals surface area (Å²) in [5, 5.41) is 26.3. The number of hydrogen-bond acceptors (Lipinski definition) is 3. The highest BCUT2D eigenvalue weighted by Gasteiger charge is 2.13. The first-order chi connectivity index (χ1) is 10.1. The van der Waals surface area contributed by atoms with Crippen molar-refractivity contribution in [2.75, 3.05) is 6.54 Å². The first-order valence-electron chi connectivity index (χ1n) is 7.62. The maximum atomic E-state index is 9.54. The van der Waals surface area contributed by atoms with Gasteiger partial charge in [-0.05, 0) is 61.7 Å². The predicted octanol–water partition coefficient (Wildman–Crippen LogP) is 2.75. The minimum Gasteiger partial charge on any atom is -0.504 e. The Balaban J connectivity index is 1.76. The molecule has 0 atom stereocenters. The molecule has 0 amide bonds. The third-order valence-electron chi connectivity index (χ3n) is 4.05. The standard InChI is InChI=1S/C16H24N2O2S/c1-11-9-14(19)15(20)10-12(11)7-8-17-16(21)18-13-5-3-2-4-6-13/h9-10,13,19-20H,2-8H2,1H3,(H2,17,18,21). The van der Waals surface area contributed by atoms with E-state index in [1.165, 1.54) is 32.1 Å². The monoisotopic (exact) mass is 308 g/mol. The van der Waals surface area contributed by atoms with Crippen molar-refractivity contribution in [3.05, 3.63) is 23.3 Å². The van der Waals surface area contributed by atoms with Crippen LogP contribution in [-0.2, 0) is 6.42 Å². The molecular weight excluding hydrogens is 284 g/mol. The topological polar surface area (TPSA) is 64.5 Å². The summed E-state index contributed by atoms with van der Waals surface area (Å²) in [6, 6.07) is 3.71. The molecule has 1 saturated carbocycles. The quantitative estimate of drug-likeness (QED) is 0.509. The van der Waals surface area contributed by atoms with Crippen LogP contribution in [0, 0.1) is 6.92 Å². The molecule has 1 aromatic carbocycles. The third-order valence-corrected chi connectivity index (χ3v) is 4.32. The zero-order valence-electron chi connectivity index (χ0n) is 12.5. The number of rotatable bonds is 4. The summed E-state index contributed by atoms with van der Waals surface area (Å²) in [7, 11) is 0. The summed E-state index contributed by atoms with van der Waals surface area (Å²) >= 11 is 5.32. The summed E-state index contributed by atoms with van der Waals surface area (Å²) < 4.78 is 0. The number of hydrogen-bond donors (Lipinski definition) is 4. The number of phenols is 2. The molecule has 0 aromatic heterocycles. The van der Waals surface area contributed by atoms with Crippen molar-refractivity contribution < 1.29 is 10.2 Å². The van der Waals surface area contributed by atoms with Crippen molar-refractivity contribution in [3.63, 3.8) is 0 Å². The summed E-state index contributed by atoms with van der Waals surface area (Å²) in [5.41, 5.74) is 1.98. The number of phenolic OH excluding ortho intramolecular Hbond substituents is 2. The molecule has 0 radical (unpaired) electrons. The van der Waals surface area contributed by atoms with Crippen LogP contribution < -0.4 is 10.6 Å². The molecule has 0 heterocycles. The van der Waals surface area contributed by atoms with Crippen LogP contribution in [0.4, 0.5) is 0 Å². The molecule has 1 fully saturated rings. The van der Waals surface area contributed by atoms with Gasteiger partial charge in [-0.25, -0.2) is 0 Å². The van der Waals surface area contributed by atoms with E-state index in [1.807, 2.05) is 6.92 Å². The van der Waals surface area contributed by atoms with Gasteiger partial charge in [-0.3, -0.25) is 0 Å². The smallest absolute Gasteiger partial charge is 0.166 e. The van der Waals surface area contributed by atoms with Crippen LogP contribution in [0.1, 0.15) is 43.2 Å². The van der Waals surface area contributed by atoms with Crippen LogP contribution in [0.2, 0.25) is 0 Å². The molecule has 0 bridgehead atoms. The van der Waals surface area contributed by atoms with Crippen molar-refractivity contribution in [1.29, 1.82) is 0 Å². The number of benzene rings is 1. The van der Waals surface area contributed by atoms with E-state index >= 15 is 0 Å². The van der Waals surface area contributed by atoms with Crippen LogP contribution in [0.15, 0.2) is 12.1 Å². The second kappa shape index (κ2) is 7.50. The van der Waals surface area contributed by atoms with Gasteiger partial charge in [0.25, 0.3) is 0 Å². The van der Waals surface area contributed by atoms with E-state index in [2.05, 4.69) is 10.6 Å². The average molecular weight is 308 g/mol. The Morgan fingerprint density at radius 1 is 1.19 bits per heavy atom. The molecule has 0 unspecified atom stereocenters. The largest absolute Gasteiger partial charge is 0.504 e. The van der Waals surface area contributed by atoms with Gasteiger partial charge in [0.2, 0.25) is 0 Å². The lowest BCUT2D eigenvalue weighted by molar-refractivity contribution is 0.402. The molecule has 116 valence electrons.